The number of imide groups is 1. The van der Waals surface area contributed by atoms with Gasteiger partial charge in [0.05, 0.1) is 23.0 Å². The van der Waals surface area contributed by atoms with Gasteiger partial charge >= 0.3 is 5.97 Å². The van der Waals surface area contributed by atoms with Crippen molar-refractivity contribution < 1.29 is 28.3 Å². The van der Waals surface area contributed by atoms with Crippen molar-refractivity contribution in [2.75, 3.05) is 7.11 Å². The molecule has 0 N–H and O–H groups in total. The molecule has 0 radical (unpaired) electrons. The summed E-state index contributed by atoms with van der Waals surface area (Å²) < 4.78 is 16.7. The summed E-state index contributed by atoms with van der Waals surface area (Å²) in [5.74, 6) is -0.0839. The number of ether oxygens (including phenoxy) is 2. The molecule has 1 fully saturated rings. The minimum absolute atomic E-state index is 0.00721. The number of amides is 2. The topological polar surface area (TPSA) is 86.0 Å². The molecule has 1 aliphatic heterocycles. The van der Waals surface area contributed by atoms with Gasteiger partial charge in [0, 0.05) is 0 Å². The lowest BCUT2D eigenvalue weighted by atomic mass is 10.1. The van der Waals surface area contributed by atoms with Crippen molar-refractivity contribution in [1.29, 1.82) is 0 Å². The Morgan fingerprint density at radius 3 is 2.62 bits per heavy atom. The molecule has 1 saturated heterocycles. The average molecular weight is 578 g/mol. The maximum Gasteiger partial charge on any atom is 0.373 e. The number of hydrogen-bond acceptors (Lipinski definition) is 7. The summed E-state index contributed by atoms with van der Waals surface area (Å²) in [4.78, 5) is 38.3. The summed E-state index contributed by atoms with van der Waals surface area (Å²) in [7, 11) is 1.24. The third kappa shape index (κ3) is 5.47. The SMILES string of the molecule is COC(=O)c1ccc(CN2C(=O)S/C(=C/c3ccc(OCc4ccc5ccccc5c4)c(Br)c3)C2=O)o1. The fraction of sp³-hybridized carbons (Fsp3) is 0.107. The lowest BCUT2D eigenvalue weighted by Crippen LogP contribution is -2.27. The Hall–Kier alpha value is -3.82. The molecule has 7 nitrogen and oxygen atoms in total. The van der Waals surface area contributed by atoms with Crippen LogP contribution in [0.2, 0.25) is 0 Å². The summed E-state index contributed by atoms with van der Waals surface area (Å²) in [6.07, 6.45) is 1.66. The second-order valence-electron chi connectivity index (χ2n) is 8.19. The van der Waals surface area contributed by atoms with Crippen LogP contribution in [0.1, 0.15) is 27.4 Å². The quantitative estimate of drug-likeness (QED) is 0.176. The van der Waals surface area contributed by atoms with Gasteiger partial charge in [0.1, 0.15) is 18.1 Å². The molecule has 0 saturated carbocycles. The summed E-state index contributed by atoms with van der Waals surface area (Å²) in [6, 6.07) is 22.8. The summed E-state index contributed by atoms with van der Waals surface area (Å²) in [5.41, 5.74) is 1.79. The van der Waals surface area contributed by atoms with Gasteiger partial charge in [-0.15, -0.1) is 0 Å². The van der Waals surface area contributed by atoms with Crippen molar-refractivity contribution in [3.63, 3.8) is 0 Å². The van der Waals surface area contributed by atoms with Crippen molar-refractivity contribution in [3.8, 4) is 5.75 Å². The van der Waals surface area contributed by atoms with E-state index in [-0.39, 0.29) is 12.3 Å². The molecule has 1 aromatic heterocycles. The van der Waals surface area contributed by atoms with Crippen molar-refractivity contribution in [2.24, 2.45) is 0 Å². The first-order valence-electron chi connectivity index (χ1n) is 11.2. The molecule has 37 heavy (non-hydrogen) atoms. The molecule has 5 rings (SSSR count). The molecule has 9 heteroatoms. The molecule has 3 aromatic carbocycles. The fourth-order valence-corrected chi connectivity index (χ4v) is 5.18. The lowest BCUT2D eigenvalue weighted by Gasteiger charge is -2.10. The van der Waals surface area contributed by atoms with Crippen LogP contribution in [0.4, 0.5) is 4.79 Å². The number of carbonyl (C=O) groups excluding carboxylic acids is 3. The van der Waals surface area contributed by atoms with Crippen molar-refractivity contribution in [1.82, 2.24) is 4.90 Å². The predicted molar refractivity (Wildman–Crippen MR) is 144 cm³/mol. The third-order valence-corrected chi connectivity index (χ3v) is 7.22. The van der Waals surface area contributed by atoms with Crippen molar-refractivity contribution >= 4 is 61.7 Å². The van der Waals surface area contributed by atoms with E-state index in [2.05, 4.69) is 44.9 Å². The zero-order valence-corrected chi connectivity index (χ0v) is 22.0. The van der Waals surface area contributed by atoms with E-state index >= 15 is 0 Å². The number of carbonyl (C=O) groups is 3. The van der Waals surface area contributed by atoms with Crippen molar-refractivity contribution in [2.45, 2.75) is 13.2 Å². The van der Waals surface area contributed by atoms with Gasteiger partial charge in [-0.2, -0.15) is 0 Å². The van der Waals surface area contributed by atoms with E-state index in [9.17, 15) is 14.4 Å². The van der Waals surface area contributed by atoms with Gasteiger partial charge in [0.25, 0.3) is 11.1 Å². The van der Waals surface area contributed by atoms with E-state index in [4.69, 9.17) is 9.15 Å². The second kappa shape index (κ2) is 10.7. The number of methoxy groups -OCH3 is 1. The molecule has 2 amide bonds. The first kappa shape index (κ1) is 24.9. The maximum atomic E-state index is 12.9. The van der Waals surface area contributed by atoms with Crippen LogP contribution in [0.5, 0.6) is 5.75 Å². The summed E-state index contributed by atoms with van der Waals surface area (Å²) in [6.45, 7) is 0.330. The van der Waals surface area contributed by atoms with Gasteiger partial charge in [-0.3, -0.25) is 14.5 Å². The first-order chi connectivity index (χ1) is 17.9. The summed E-state index contributed by atoms with van der Waals surface area (Å²) >= 11 is 4.39. The number of hydrogen-bond donors (Lipinski definition) is 0. The number of fused-ring (bicyclic) bond motifs is 1. The highest BCUT2D eigenvalue weighted by atomic mass is 79.9. The normalized spacial score (nSPS) is 14.5. The Labute approximate surface area is 225 Å². The number of halogens is 1. The van der Waals surface area contributed by atoms with E-state index in [1.165, 1.54) is 24.6 Å². The Balaban J connectivity index is 1.25. The zero-order chi connectivity index (χ0) is 25.9. The van der Waals surface area contributed by atoms with Crippen LogP contribution < -0.4 is 4.74 Å². The minimum Gasteiger partial charge on any atom is -0.488 e. The molecule has 0 unspecified atom stereocenters. The third-order valence-electron chi connectivity index (χ3n) is 5.70. The maximum absolute atomic E-state index is 12.9. The highest BCUT2D eigenvalue weighted by Gasteiger charge is 2.35. The summed E-state index contributed by atoms with van der Waals surface area (Å²) in [5, 5.41) is 1.92. The van der Waals surface area contributed by atoms with Crippen LogP contribution in [0.3, 0.4) is 0 Å². The van der Waals surface area contributed by atoms with E-state index < -0.39 is 17.1 Å². The van der Waals surface area contributed by atoms with Gasteiger partial charge in [0.2, 0.25) is 5.76 Å². The predicted octanol–water partition coefficient (Wildman–Crippen LogP) is 6.80. The smallest absolute Gasteiger partial charge is 0.373 e. The first-order valence-corrected chi connectivity index (χ1v) is 12.8. The van der Waals surface area contributed by atoms with Crippen LogP contribution in [0, 0.1) is 0 Å². The molecule has 4 aromatic rings. The number of thioether (sulfide) groups is 1. The molecular formula is C28H20BrNO6S. The molecule has 0 bridgehead atoms. The van der Waals surface area contributed by atoms with E-state index in [1.54, 1.807) is 6.08 Å². The van der Waals surface area contributed by atoms with Gasteiger partial charge in [-0.05, 0) is 86.0 Å². The average Bonchev–Trinajstić information content (AvgIpc) is 3.48. The molecule has 186 valence electrons. The van der Waals surface area contributed by atoms with E-state index in [0.29, 0.717) is 23.0 Å². The molecule has 0 aliphatic carbocycles. The van der Waals surface area contributed by atoms with Gasteiger partial charge < -0.3 is 13.9 Å². The highest BCUT2D eigenvalue weighted by Crippen LogP contribution is 2.35. The van der Waals surface area contributed by atoms with Crippen LogP contribution in [-0.4, -0.2) is 29.1 Å². The van der Waals surface area contributed by atoms with Gasteiger partial charge in [-0.1, -0.05) is 42.5 Å². The van der Waals surface area contributed by atoms with Gasteiger partial charge in [0.15, 0.2) is 0 Å². The lowest BCUT2D eigenvalue weighted by molar-refractivity contribution is -0.123. The monoisotopic (exact) mass is 577 g/mol. The molecular weight excluding hydrogens is 558 g/mol. The number of esters is 1. The Kier molecular flexibility index (Phi) is 7.16. The van der Waals surface area contributed by atoms with Crippen LogP contribution >= 0.6 is 27.7 Å². The highest BCUT2D eigenvalue weighted by molar-refractivity contribution is 9.10. The second-order valence-corrected chi connectivity index (χ2v) is 10.0. The van der Waals surface area contributed by atoms with Crippen LogP contribution in [0.15, 0.2) is 86.6 Å². The number of nitrogens with zero attached hydrogens (tertiary/aromatic N) is 1. The van der Waals surface area contributed by atoms with Crippen LogP contribution in [0.25, 0.3) is 16.8 Å². The molecule has 0 atom stereocenters. The van der Waals surface area contributed by atoms with E-state index in [1.807, 2.05) is 36.4 Å². The van der Waals surface area contributed by atoms with E-state index in [0.717, 1.165) is 37.6 Å². The zero-order valence-electron chi connectivity index (χ0n) is 19.6. The Morgan fingerprint density at radius 2 is 1.84 bits per heavy atom. The minimum atomic E-state index is -0.629. The molecule has 0 spiro atoms. The number of rotatable bonds is 7. The van der Waals surface area contributed by atoms with Crippen LogP contribution in [-0.2, 0) is 22.7 Å². The fourth-order valence-electron chi connectivity index (χ4n) is 3.83. The van der Waals surface area contributed by atoms with Gasteiger partial charge in [-0.25, -0.2) is 4.79 Å². The standard InChI is InChI=1S/C28H20BrNO6S/c1-34-27(32)24-11-9-21(36-24)15-30-26(31)25(37-28(30)33)14-17-7-10-23(22(29)13-17)35-16-18-6-8-19-4-2-3-5-20(19)12-18/h2-14H,15-16H2,1H3/b25-14+. The number of benzene rings is 3. The molecule has 2 heterocycles. The Morgan fingerprint density at radius 1 is 1.03 bits per heavy atom. The van der Waals surface area contributed by atoms with Crippen molar-refractivity contribution in [3.05, 3.63) is 105 Å². The Bertz CT molecular complexity index is 1560. The largest absolute Gasteiger partial charge is 0.488 e. The molecule has 1 aliphatic rings. The number of furan rings is 1.